The summed E-state index contributed by atoms with van der Waals surface area (Å²) in [5, 5.41) is 4.00. The zero-order valence-electron chi connectivity index (χ0n) is 8.57. The summed E-state index contributed by atoms with van der Waals surface area (Å²) in [7, 11) is 0. The lowest BCUT2D eigenvalue weighted by Crippen LogP contribution is -2.16. The van der Waals surface area contributed by atoms with Gasteiger partial charge in [-0.1, -0.05) is 31.3 Å². The number of nitrogens with zero attached hydrogens (tertiary/aromatic N) is 2. The second kappa shape index (κ2) is 4.09. The summed E-state index contributed by atoms with van der Waals surface area (Å²) in [5.74, 6) is 2.56. The lowest BCUT2D eigenvalue weighted by Gasteiger charge is -2.25. The van der Waals surface area contributed by atoms with E-state index in [1.807, 2.05) is 0 Å². The molecule has 0 amide bonds. The topological polar surface area (TPSA) is 64.9 Å². The molecule has 0 radical (unpaired) electrons. The first-order chi connectivity index (χ1) is 6.81. The van der Waals surface area contributed by atoms with Crippen LogP contribution in [0.25, 0.3) is 0 Å². The predicted molar refractivity (Wildman–Crippen MR) is 52.6 cm³/mol. The molecule has 1 aliphatic rings. The van der Waals surface area contributed by atoms with Gasteiger partial charge in [-0.25, -0.2) is 0 Å². The van der Waals surface area contributed by atoms with Crippen LogP contribution in [-0.2, 0) is 6.54 Å². The van der Waals surface area contributed by atoms with Crippen molar-refractivity contribution in [2.24, 2.45) is 11.7 Å². The number of aromatic nitrogens is 2. The summed E-state index contributed by atoms with van der Waals surface area (Å²) < 4.78 is 5.03. The monoisotopic (exact) mass is 195 g/mol. The molecule has 1 aromatic rings. The molecule has 0 aliphatic heterocycles. The lowest BCUT2D eigenvalue weighted by atomic mass is 9.80. The van der Waals surface area contributed by atoms with Crippen LogP contribution in [0.4, 0.5) is 0 Å². The van der Waals surface area contributed by atoms with E-state index in [2.05, 4.69) is 17.1 Å². The fourth-order valence-electron chi connectivity index (χ4n) is 2.20. The van der Waals surface area contributed by atoms with E-state index in [1.165, 1.54) is 25.7 Å². The molecule has 2 N–H and O–H groups in total. The zero-order chi connectivity index (χ0) is 9.97. The standard InChI is InChI=1S/C10H17N3O/c1-7-4-2-3-5-8(7)10-12-9(6-11)14-13-10/h7-8H,2-6,11H2,1H3. The van der Waals surface area contributed by atoms with Crippen molar-refractivity contribution in [3.8, 4) is 0 Å². The smallest absolute Gasteiger partial charge is 0.240 e. The molecule has 1 fully saturated rings. The molecule has 14 heavy (non-hydrogen) atoms. The van der Waals surface area contributed by atoms with Gasteiger partial charge in [0.2, 0.25) is 5.89 Å². The van der Waals surface area contributed by atoms with E-state index in [0.29, 0.717) is 24.3 Å². The normalized spacial score (nSPS) is 27.9. The number of hydrogen-bond donors (Lipinski definition) is 1. The van der Waals surface area contributed by atoms with Crippen molar-refractivity contribution < 1.29 is 4.52 Å². The van der Waals surface area contributed by atoms with Crippen molar-refractivity contribution in [3.05, 3.63) is 11.7 Å². The van der Waals surface area contributed by atoms with E-state index >= 15 is 0 Å². The molecule has 1 saturated carbocycles. The van der Waals surface area contributed by atoms with Crippen molar-refractivity contribution in [1.82, 2.24) is 10.1 Å². The molecule has 0 saturated heterocycles. The van der Waals surface area contributed by atoms with Gasteiger partial charge in [0.05, 0.1) is 6.54 Å². The Kier molecular flexibility index (Phi) is 2.82. The lowest BCUT2D eigenvalue weighted by molar-refractivity contribution is 0.305. The Bertz CT molecular complexity index is 297. The van der Waals surface area contributed by atoms with Gasteiger partial charge < -0.3 is 10.3 Å². The number of rotatable bonds is 2. The van der Waals surface area contributed by atoms with Crippen molar-refractivity contribution in [1.29, 1.82) is 0 Å². The van der Waals surface area contributed by atoms with Crippen LogP contribution < -0.4 is 5.73 Å². The highest BCUT2D eigenvalue weighted by molar-refractivity contribution is 4.99. The Labute approximate surface area is 83.9 Å². The van der Waals surface area contributed by atoms with E-state index in [-0.39, 0.29) is 0 Å². The minimum absolute atomic E-state index is 0.341. The van der Waals surface area contributed by atoms with E-state index in [0.717, 1.165) is 5.82 Å². The SMILES string of the molecule is CC1CCCCC1c1noc(CN)n1. The highest BCUT2D eigenvalue weighted by Crippen LogP contribution is 2.35. The minimum atomic E-state index is 0.341. The molecule has 1 aliphatic carbocycles. The molecule has 0 bridgehead atoms. The maximum Gasteiger partial charge on any atom is 0.240 e. The van der Waals surface area contributed by atoms with E-state index in [4.69, 9.17) is 10.3 Å². The summed E-state index contributed by atoms with van der Waals surface area (Å²) >= 11 is 0. The van der Waals surface area contributed by atoms with Gasteiger partial charge in [0.25, 0.3) is 0 Å². The first-order valence-corrected chi connectivity index (χ1v) is 5.34. The quantitative estimate of drug-likeness (QED) is 0.781. The van der Waals surface area contributed by atoms with Crippen LogP contribution in [0, 0.1) is 5.92 Å². The average molecular weight is 195 g/mol. The summed E-state index contributed by atoms with van der Waals surface area (Å²) in [6.45, 7) is 2.61. The molecule has 4 nitrogen and oxygen atoms in total. The Balaban J connectivity index is 2.12. The van der Waals surface area contributed by atoms with Gasteiger partial charge in [-0.05, 0) is 12.3 Å². The molecule has 2 atom stereocenters. The Morgan fingerprint density at radius 1 is 1.43 bits per heavy atom. The molecule has 0 aromatic carbocycles. The fraction of sp³-hybridized carbons (Fsp3) is 0.800. The van der Waals surface area contributed by atoms with E-state index < -0.39 is 0 Å². The molecule has 0 spiro atoms. The van der Waals surface area contributed by atoms with Gasteiger partial charge in [-0.15, -0.1) is 0 Å². The third-order valence-corrected chi connectivity index (χ3v) is 3.10. The Morgan fingerprint density at radius 3 is 2.86 bits per heavy atom. The molecule has 2 unspecified atom stereocenters. The summed E-state index contributed by atoms with van der Waals surface area (Å²) in [6.07, 6.45) is 5.07. The first kappa shape index (κ1) is 9.65. The summed E-state index contributed by atoms with van der Waals surface area (Å²) in [6, 6.07) is 0. The second-order valence-electron chi connectivity index (χ2n) is 4.12. The van der Waals surface area contributed by atoms with Crippen LogP contribution in [-0.4, -0.2) is 10.1 Å². The van der Waals surface area contributed by atoms with E-state index in [1.54, 1.807) is 0 Å². The first-order valence-electron chi connectivity index (χ1n) is 5.34. The number of nitrogens with two attached hydrogens (primary N) is 1. The highest BCUT2D eigenvalue weighted by Gasteiger charge is 2.26. The molecule has 4 heteroatoms. The second-order valence-corrected chi connectivity index (χ2v) is 4.12. The van der Waals surface area contributed by atoms with Crippen LogP contribution in [0.1, 0.15) is 50.2 Å². The Hall–Kier alpha value is -0.900. The summed E-state index contributed by atoms with van der Waals surface area (Å²) in [4.78, 5) is 4.30. The van der Waals surface area contributed by atoms with E-state index in [9.17, 15) is 0 Å². The van der Waals surface area contributed by atoms with Gasteiger partial charge in [-0.2, -0.15) is 4.98 Å². The van der Waals surface area contributed by atoms with Crippen LogP contribution in [0.5, 0.6) is 0 Å². The van der Waals surface area contributed by atoms with Gasteiger partial charge in [0, 0.05) is 5.92 Å². The molecule has 2 rings (SSSR count). The van der Waals surface area contributed by atoms with Gasteiger partial charge in [-0.3, -0.25) is 0 Å². The van der Waals surface area contributed by atoms with Crippen LogP contribution in [0.15, 0.2) is 4.52 Å². The summed E-state index contributed by atoms with van der Waals surface area (Å²) in [5.41, 5.74) is 5.43. The van der Waals surface area contributed by atoms with Crippen LogP contribution in [0.3, 0.4) is 0 Å². The largest absolute Gasteiger partial charge is 0.338 e. The van der Waals surface area contributed by atoms with Crippen molar-refractivity contribution in [3.63, 3.8) is 0 Å². The highest BCUT2D eigenvalue weighted by atomic mass is 16.5. The zero-order valence-corrected chi connectivity index (χ0v) is 8.57. The van der Waals surface area contributed by atoms with Crippen LogP contribution in [0.2, 0.25) is 0 Å². The van der Waals surface area contributed by atoms with Crippen molar-refractivity contribution in [2.45, 2.75) is 45.1 Å². The van der Waals surface area contributed by atoms with Crippen LogP contribution >= 0.6 is 0 Å². The maximum absolute atomic E-state index is 5.43. The molecular formula is C10H17N3O. The van der Waals surface area contributed by atoms with Gasteiger partial charge >= 0.3 is 0 Å². The Morgan fingerprint density at radius 2 is 2.21 bits per heavy atom. The number of hydrogen-bond acceptors (Lipinski definition) is 4. The van der Waals surface area contributed by atoms with Crippen molar-refractivity contribution in [2.75, 3.05) is 0 Å². The molecule has 78 valence electrons. The van der Waals surface area contributed by atoms with Crippen molar-refractivity contribution >= 4 is 0 Å². The maximum atomic E-state index is 5.43. The minimum Gasteiger partial charge on any atom is -0.338 e. The van der Waals surface area contributed by atoms with Gasteiger partial charge in [0.15, 0.2) is 5.82 Å². The van der Waals surface area contributed by atoms with Gasteiger partial charge in [0.1, 0.15) is 0 Å². The predicted octanol–water partition coefficient (Wildman–Crippen LogP) is 1.82. The third kappa shape index (κ3) is 1.80. The third-order valence-electron chi connectivity index (χ3n) is 3.10. The molecule has 1 heterocycles. The fourth-order valence-corrected chi connectivity index (χ4v) is 2.20. The molecular weight excluding hydrogens is 178 g/mol. The average Bonchev–Trinajstić information content (AvgIpc) is 2.67. The molecule has 1 aromatic heterocycles.